The van der Waals surface area contributed by atoms with Gasteiger partial charge in [-0.1, -0.05) is 6.07 Å². The first-order valence-corrected chi connectivity index (χ1v) is 6.67. The lowest BCUT2D eigenvalue weighted by Gasteiger charge is -2.14. The van der Waals surface area contributed by atoms with Crippen LogP contribution in [0.1, 0.15) is 5.56 Å². The Labute approximate surface area is 132 Å². The lowest BCUT2D eigenvalue weighted by Crippen LogP contribution is -2.15. The molecule has 2 aromatic rings. The molecule has 0 spiro atoms. The van der Waals surface area contributed by atoms with E-state index in [0.29, 0.717) is 5.56 Å². The molecule has 0 unspecified atom stereocenters. The fourth-order valence-electron chi connectivity index (χ4n) is 2.21. The summed E-state index contributed by atoms with van der Waals surface area (Å²) in [5.41, 5.74) is 12.3. The molecule has 2 rings (SSSR count). The number of rotatable bonds is 4. The first kappa shape index (κ1) is 16.5. The van der Waals surface area contributed by atoms with Gasteiger partial charge in [0.25, 0.3) is 0 Å². The molecule has 0 aliphatic rings. The molecule has 0 aromatic heterocycles. The van der Waals surface area contributed by atoms with Crippen LogP contribution in [0.25, 0.3) is 11.1 Å². The third-order valence-corrected chi connectivity index (χ3v) is 3.43. The standard InChI is InChI=1S/C16H17F2N3O2/c1-21-16(20)9-5-4-8(6-10(9)19)13-14(17)11(22-2)7-12(23-3)15(13)18/h4-7H,19H2,1-3H3,(H2,20,21). The second-order valence-corrected chi connectivity index (χ2v) is 4.69. The van der Waals surface area contributed by atoms with E-state index in [2.05, 4.69) is 4.99 Å². The lowest BCUT2D eigenvalue weighted by molar-refractivity contribution is 0.360. The summed E-state index contributed by atoms with van der Waals surface area (Å²) in [7, 11) is 4.10. The van der Waals surface area contributed by atoms with Crippen LogP contribution >= 0.6 is 0 Å². The van der Waals surface area contributed by atoms with E-state index in [1.807, 2.05) is 0 Å². The second-order valence-electron chi connectivity index (χ2n) is 4.69. The summed E-state index contributed by atoms with van der Waals surface area (Å²) < 4.78 is 38.8. The predicted molar refractivity (Wildman–Crippen MR) is 86.0 cm³/mol. The summed E-state index contributed by atoms with van der Waals surface area (Å²) >= 11 is 0. The van der Waals surface area contributed by atoms with Crippen LogP contribution in [0.4, 0.5) is 14.5 Å². The first-order chi connectivity index (χ1) is 10.9. The third-order valence-electron chi connectivity index (χ3n) is 3.43. The van der Waals surface area contributed by atoms with Crippen LogP contribution in [0.5, 0.6) is 11.5 Å². The Balaban J connectivity index is 2.69. The molecule has 0 atom stereocenters. The fraction of sp³-hybridized carbons (Fsp3) is 0.188. The van der Waals surface area contributed by atoms with Gasteiger partial charge in [0, 0.05) is 24.4 Å². The minimum absolute atomic E-state index is 0.129. The molecule has 0 aliphatic heterocycles. The van der Waals surface area contributed by atoms with Gasteiger partial charge in [0.2, 0.25) is 0 Å². The zero-order valence-electron chi connectivity index (χ0n) is 13.0. The van der Waals surface area contributed by atoms with Crippen molar-refractivity contribution in [2.24, 2.45) is 10.7 Å². The van der Waals surface area contributed by atoms with E-state index in [4.69, 9.17) is 20.9 Å². The Bertz CT molecular complexity index is 748. The van der Waals surface area contributed by atoms with Crippen LogP contribution in [-0.4, -0.2) is 27.1 Å². The molecule has 0 amide bonds. The number of nitrogen functional groups attached to an aromatic ring is 1. The highest BCUT2D eigenvalue weighted by Gasteiger charge is 2.22. The van der Waals surface area contributed by atoms with Crippen molar-refractivity contribution in [1.82, 2.24) is 0 Å². The number of amidine groups is 1. The van der Waals surface area contributed by atoms with Crippen molar-refractivity contribution < 1.29 is 18.3 Å². The van der Waals surface area contributed by atoms with Crippen molar-refractivity contribution in [2.45, 2.75) is 0 Å². The largest absolute Gasteiger partial charge is 0.494 e. The highest BCUT2D eigenvalue weighted by Crippen LogP contribution is 2.38. The molecule has 0 aliphatic carbocycles. The van der Waals surface area contributed by atoms with Crippen LogP contribution in [0.3, 0.4) is 0 Å². The summed E-state index contributed by atoms with van der Waals surface area (Å²) in [6.07, 6.45) is 0. The van der Waals surface area contributed by atoms with Crippen molar-refractivity contribution in [1.29, 1.82) is 0 Å². The second kappa shape index (κ2) is 6.51. The number of anilines is 1. The topological polar surface area (TPSA) is 82.9 Å². The van der Waals surface area contributed by atoms with Gasteiger partial charge in [-0.3, -0.25) is 4.99 Å². The van der Waals surface area contributed by atoms with Crippen LogP contribution in [0, 0.1) is 11.6 Å². The van der Waals surface area contributed by atoms with Gasteiger partial charge in [0.15, 0.2) is 23.1 Å². The highest BCUT2D eigenvalue weighted by molar-refractivity contribution is 6.02. The molecule has 4 N–H and O–H groups in total. The molecule has 0 heterocycles. The molecule has 0 fully saturated rings. The predicted octanol–water partition coefficient (Wildman–Crippen LogP) is 2.57. The summed E-state index contributed by atoms with van der Waals surface area (Å²) in [6, 6.07) is 5.63. The highest BCUT2D eigenvalue weighted by atomic mass is 19.1. The summed E-state index contributed by atoms with van der Waals surface area (Å²) in [4.78, 5) is 3.84. The Morgan fingerprint density at radius 3 is 2.04 bits per heavy atom. The fourth-order valence-corrected chi connectivity index (χ4v) is 2.21. The van der Waals surface area contributed by atoms with Gasteiger partial charge >= 0.3 is 0 Å². The van der Waals surface area contributed by atoms with E-state index in [-0.39, 0.29) is 34.1 Å². The van der Waals surface area contributed by atoms with Crippen LogP contribution in [-0.2, 0) is 0 Å². The Kier molecular flexibility index (Phi) is 4.68. The molecule has 5 nitrogen and oxygen atoms in total. The maximum atomic E-state index is 14.5. The summed E-state index contributed by atoms with van der Waals surface area (Å²) in [6.45, 7) is 0. The van der Waals surface area contributed by atoms with Gasteiger partial charge in [0.05, 0.1) is 19.8 Å². The summed E-state index contributed by atoms with van der Waals surface area (Å²) in [5, 5.41) is 0. The molecule has 7 heteroatoms. The van der Waals surface area contributed by atoms with Crippen LogP contribution in [0.15, 0.2) is 29.3 Å². The van der Waals surface area contributed by atoms with E-state index in [9.17, 15) is 8.78 Å². The van der Waals surface area contributed by atoms with E-state index in [1.165, 1.54) is 33.4 Å². The van der Waals surface area contributed by atoms with Gasteiger partial charge in [-0.15, -0.1) is 0 Å². The SMILES string of the molecule is CN=C(N)c1ccc(-c2c(F)c(OC)cc(OC)c2F)cc1N. The third kappa shape index (κ3) is 2.90. The Hall–Kier alpha value is -2.83. The molecular weight excluding hydrogens is 304 g/mol. The molecule has 0 bridgehead atoms. The number of methoxy groups -OCH3 is 2. The van der Waals surface area contributed by atoms with E-state index >= 15 is 0 Å². The van der Waals surface area contributed by atoms with Crippen molar-refractivity contribution in [3.63, 3.8) is 0 Å². The minimum Gasteiger partial charge on any atom is -0.494 e. The normalized spacial score (nSPS) is 11.4. The number of halogens is 2. The average molecular weight is 321 g/mol. The number of nitrogens with zero attached hydrogens (tertiary/aromatic N) is 1. The number of hydrogen-bond donors (Lipinski definition) is 2. The van der Waals surface area contributed by atoms with Crippen LogP contribution < -0.4 is 20.9 Å². The zero-order valence-corrected chi connectivity index (χ0v) is 13.0. The molecule has 122 valence electrons. The molecular formula is C16H17F2N3O2. The maximum absolute atomic E-state index is 14.5. The van der Waals surface area contributed by atoms with E-state index in [1.54, 1.807) is 6.07 Å². The number of ether oxygens (including phenoxy) is 2. The van der Waals surface area contributed by atoms with Crippen molar-refractivity contribution >= 4 is 11.5 Å². The van der Waals surface area contributed by atoms with Crippen molar-refractivity contribution in [2.75, 3.05) is 27.0 Å². The smallest absolute Gasteiger partial charge is 0.176 e. The van der Waals surface area contributed by atoms with E-state index in [0.717, 1.165) is 6.07 Å². The molecule has 0 saturated carbocycles. The first-order valence-electron chi connectivity index (χ1n) is 6.67. The molecule has 2 aromatic carbocycles. The lowest BCUT2D eigenvalue weighted by atomic mass is 10.00. The van der Waals surface area contributed by atoms with Gasteiger partial charge in [-0.2, -0.15) is 0 Å². The summed E-state index contributed by atoms with van der Waals surface area (Å²) in [5.74, 6) is -1.70. The zero-order chi connectivity index (χ0) is 17.1. The van der Waals surface area contributed by atoms with Crippen LogP contribution in [0.2, 0.25) is 0 Å². The van der Waals surface area contributed by atoms with Gasteiger partial charge in [0.1, 0.15) is 5.84 Å². The maximum Gasteiger partial charge on any atom is 0.176 e. The number of aliphatic imine (C=N–C) groups is 1. The average Bonchev–Trinajstić information content (AvgIpc) is 2.54. The number of nitrogens with two attached hydrogens (primary N) is 2. The quantitative estimate of drug-likeness (QED) is 0.515. The van der Waals surface area contributed by atoms with E-state index < -0.39 is 11.6 Å². The van der Waals surface area contributed by atoms with Gasteiger partial charge in [-0.25, -0.2) is 8.78 Å². The molecule has 23 heavy (non-hydrogen) atoms. The Morgan fingerprint density at radius 1 is 1.04 bits per heavy atom. The minimum atomic E-state index is -0.838. The number of hydrogen-bond acceptors (Lipinski definition) is 4. The van der Waals surface area contributed by atoms with Gasteiger partial charge in [-0.05, 0) is 17.7 Å². The van der Waals surface area contributed by atoms with Crippen molar-refractivity contribution in [3.8, 4) is 22.6 Å². The number of benzene rings is 2. The van der Waals surface area contributed by atoms with Gasteiger partial charge < -0.3 is 20.9 Å². The monoisotopic (exact) mass is 321 g/mol. The Morgan fingerprint density at radius 2 is 1.61 bits per heavy atom. The van der Waals surface area contributed by atoms with Crippen molar-refractivity contribution in [3.05, 3.63) is 41.5 Å². The molecule has 0 radical (unpaired) electrons. The molecule has 0 saturated heterocycles.